The van der Waals surface area contributed by atoms with E-state index < -0.39 is 0 Å². The molecule has 0 radical (unpaired) electrons. The van der Waals surface area contributed by atoms with Crippen LogP contribution in [-0.4, -0.2) is 50.8 Å². The van der Waals surface area contributed by atoms with E-state index in [2.05, 4.69) is 37.7 Å². The summed E-state index contributed by atoms with van der Waals surface area (Å²) in [5.41, 5.74) is 6.19. The highest BCUT2D eigenvalue weighted by molar-refractivity contribution is 6.33. The van der Waals surface area contributed by atoms with Gasteiger partial charge in [-0.05, 0) is 37.5 Å². The number of aliphatic hydroxyl groups is 1. The van der Waals surface area contributed by atoms with Crippen LogP contribution in [0.25, 0.3) is 11.3 Å². The molecule has 1 unspecified atom stereocenters. The summed E-state index contributed by atoms with van der Waals surface area (Å²) in [5.74, 6) is 1.59. The molecule has 0 spiro atoms. The van der Waals surface area contributed by atoms with Crippen molar-refractivity contribution in [2.45, 2.75) is 39.3 Å². The second-order valence-corrected chi connectivity index (χ2v) is 8.81. The Morgan fingerprint density at radius 3 is 2.68 bits per heavy atom. The average molecular weight is 437 g/mol. The van der Waals surface area contributed by atoms with Crippen molar-refractivity contribution < 1.29 is 5.11 Å². The number of pyridine rings is 2. The van der Waals surface area contributed by atoms with Gasteiger partial charge in [-0.25, -0.2) is 15.0 Å². The van der Waals surface area contributed by atoms with Crippen molar-refractivity contribution in [3.05, 3.63) is 58.1 Å². The highest BCUT2D eigenvalue weighted by Gasteiger charge is 2.25. The maximum atomic E-state index is 9.79. The van der Waals surface area contributed by atoms with Crippen LogP contribution < -0.4 is 9.80 Å². The number of aliphatic hydroxyl groups excluding tert-OH is 1. The number of hydrogen-bond acceptors (Lipinski definition) is 7. The molecule has 1 N–H and O–H groups in total. The van der Waals surface area contributed by atoms with E-state index in [1.807, 2.05) is 25.4 Å². The summed E-state index contributed by atoms with van der Waals surface area (Å²) in [5, 5.41) is 10.4. The van der Waals surface area contributed by atoms with E-state index in [0.717, 1.165) is 71.3 Å². The van der Waals surface area contributed by atoms with Gasteiger partial charge in [-0.3, -0.25) is 4.98 Å². The molecule has 1 fully saturated rings. The Balaban J connectivity index is 1.40. The smallest absolute Gasteiger partial charge is 0.225 e. The van der Waals surface area contributed by atoms with Crippen LogP contribution in [0.15, 0.2) is 30.7 Å². The van der Waals surface area contributed by atoms with E-state index in [4.69, 9.17) is 16.6 Å². The van der Waals surface area contributed by atoms with Crippen LogP contribution in [0.4, 0.5) is 11.8 Å². The first-order valence-corrected chi connectivity index (χ1v) is 11.0. The molecule has 8 heteroatoms. The minimum absolute atomic E-state index is 0.285. The normalized spacial score (nSPS) is 18.4. The van der Waals surface area contributed by atoms with Gasteiger partial charge in [0.05, 0.1) is 22.5 Å². The first-order valence-electron chi connectivity index (χ1n) is 10.6. The lowest BCUT2D eigenvalue weighted by Gasteiger charge is -2.30. The standard InChI is InChI=1S/C23H25ClN6O/c1-14-7-15(2)22(26-9-14)18-8-21(25-11-19(18)24)29-6-4-20-16(12-29)10-27-23(28-20)30-5-3-17(31)13-30/h7-11,17,31H,3-6,12-13H2,1-2H3. The maximum Gasteiger partial charge on any atom is 0.225 e. The Morgan fingerprint density at radius 1 is 1.03 bits per heavy atom. The summed E-state index contributed by atoms with van der Waals surface area (Å²) in [4.78, 5) is 22.8. The van der Waals surface area contributed by atoms with Crippen LogP contribution in [0.5, 0.6) is 0 Å². The van der Waals surface area contributed by atoms with E-state index in [1.165, 1.54) is 0 Å². The molecule has 3 aromatic rings. The second-order valence-electron chi connectivity index (χ2n) is 8.40. The predicted molar refractivity (Wildman–Crippen MR) is 122 cm³/mol. The molecule has 0 saturated carbocycles. The molecule has 2 aliphatic rings. The number of nitrogens with zero attached hydrogens (tertiary/aromatic N) is 6. The van der Waals surface area contributed by atoms with Crippen LogP contribution in [0.2, 0.25) is 5.02 Å². The lowest BCUT2D eigenvalue weighted by molar-refractivity contribution is 0.198. The Bertz CT molecular complexity index is 1140. The van der Waals surface area contributed by atoms with Crippen molar-refractivity contribution in [2.75, 3.05) is 29.4 Å². The molecule has 1 saturated heterocycles. The molecule has 0 aliphatic carbocycles. The molecular formula is C23H25ClN6O. The zero-order valence-electron chi connectivity index (χ0n) is 17.7. The molecule has 0 aromatic carbocycles. The van der Waals surface area contributed by atoms with Crippen molar-refractivity contribution in [1.29, 1.82) is 0 Å². The lowest BCUT2D eigenvalue weighted by Crippen LogP contribution is -2.33. The van der Waals surface area contributed by atoms with Crippen LogP contribution in [0, 0.1) is 13.8 Å². The Morgan fingerprint density at radius 2 is 1.90 bits per heavy atom. The van der Waals surface area contributed by atoms with Crippen LogP contribution >= 0.6 is 11.6 Å². The van der Waals surface area contributed by atoms with Gasteiger partial charge in [0.25, 0.3) is 0 Å². The first-order chi connectivity index (χ1) is 15.0. The second kappa shape index (κ2) is 8.05. The number of fused-ring (bicyclic) bond motifs is 1. The average Bonchev–Trinajstić information content (AvgIpc) is 3.20. The zero-order valence-corrected chi connectivity index (χ0v) is 18.5. The summed E-state index contributed by atoms with van der Waals surface area (Å²) < 4.78 is 0. The number of β-amino-alcohol motifs (C(OH)–C–C–N with tert-alkyl or cyclic N) is 1. The van der Waals surface area contributed by atoms with Crippen molar-refractivity contribution in [2.24, 2.45) is 0 Å². The van der Waals surface area contributed by atoms with Crippen molar-refractivity contribution in [3.8, 4) is 11.3 Å². The molecule has 3 aromatic heterocycles. The maximum absolute atomic E-state index is 9.79. The topological polar surface area (TPSA) is 78.3 Å². The SMILES string of the molecule is Cc1cnc(-c2cc(N3CCc4nc(N5CCC(O)C5)ncc4C3)ncc2Cl)c(C)c1. The van der Waals surface area contributed by atoms with Gasteiger partial charge in [0.2, 0.25) is 5.95 Å². The predicted octanol–water partition coefficient (Wildman–Crippen LogP) is 3.34. The van der Waals surface area contributed by atoms with E-state index in [0.29, 0.717) is 18.1 Å². The third-order valence-electron chi connectivity index (χ3n) is 6.00. The Labute approximate surface area is 186 Å². The number of hydrogen-bond donors (Lipinski definition) is 1. The number of anilines is 2. The molecule has 1 atom stereocenters. The quantitative estimate of drug-likeness (QED) is 0.674. The van der Waals surface area contributed by atoms with E-state index in [1.54, 1.807) is 6.20 Å². The van der Waals surface area contributed by atoms with Gasteiger partial charge in [0.1, 0.15) is 5.82 Å². The zero-order chi connectivity index (χ0) is 21.5. The van der Waals surface area contributed by atoms with Crippen molar-refractivity contribution in [3.63, 3.8) is 0 Å². The molecule has 31 heavy (non-hydrogen) atoms. The summed E-state index contributed by atoms with van der Waals surface area (Å²) >= 11 is 6.49. The third kappa shape index (κ3) is 3.95. The van der Waals surface area contributed by atoms with Gasteiger partial charge in [0, 0.05) is 62.3 Å². The minimum atomic E-state index is -0.285. The molecule has 7 nitrogen and oxygen atoms in total. The largest absolute Gasteiger partial charge is 0.391 e. The molecule has 0 bridgehead atoms. The van der Waals surface area contributed by atoms with Crippen molar-refractivity contribution >= 4 is 23.4 Å². The fraction of sp³-hybridized carbons (Fsp3) is 0.391. The van der Waals surface area contributed by atoms with Gasteiger partial charge >= 0.3 is 0 Å². The van der Waals surface area contributed by atoms with Gasteiger partial charge in [-0.15, -0.1) is 0 Å². The van der Waals surface area contributed by atoms with Gasteiger partial charge in [0.15, 0.2) is 0 Å². The first kappa shape index (κ1) is 20.2. The highest BCUT2D eigenvalue weighted by atomic mass is 35.5. The third-order valence-corrected chi connectivity index (χ3v) is 6.30. The van der Waals surface area contributed by atoms with Crippen molar-refractivity contribution in [1.82, 2.24) is 19.9 Å². The van der Waals surface area contributed by atoms with Crippen LogP contribution in [0.3, 0.4) is 0 Å². The summed E-state index contributed by atoms with van der Waals surface area (Å²) in [6.45, 7) is 7.02. The Kier molecular flexibility index (Phi) is 5.24. The van der Waals surface area contributed by atoms with E-state index in [-0.39, 0.29) is 6.10 Å². The molecule has 0 amide bonds. The van der Waals surface area contributed by atoms with Crippen LogP contribution in [0.1, 0.15) is 28.8 Å². The van der Waals surface area contributed by atoms with Gasteiger partial charge in [-0.1, -0.05) is 17.7 Å². The lowest BCUT2D eigenvalue weighted by atomic mass is 10.0. The van der Waals surface area contributed by atoms with E-state index >= 15 is 0 Å². The molecule has 160 valence electrons. The fourth-order valence-corrected chi connectivity index (χ4v) is 4.55. The molecular weight excluding hydrogens is 412 g/mol. The molecule has 5 rings (SSSR count). The summed E-state index contributed by atoms with van der Waals surface area (Å²) in [7, 11) is 0. The summed E-state index contributed by atoms with van der Waals surface area (Å²) in [6, 6.07) is 4.14. The molecule has 5 heterocycles. The van der Waals surface area contributed by atoms with Crippen LogP contribution in [-0.2, 0) is 13.0 Å². The number of aryl methyl sites for hydroxylation is 2. The Hall–Kier alpha value is -2.77. The monoisotopic (exact) mass is 436 g/mol. The molecule has 2 aliphatic heterocycles. The summed E-state index contributed by atoms with van der Waals surface area (Å²) in [6.07, 6.45) is 6.80. The number of rotatable bonds is 3. The van der Waals surface area contributed by atoms with E-state index in [9.17, 15) is 5.11 Å². The fourth-order valence-electron chi connectivity index (χ4n) is 4.36. The number of halogens is 1. The highest BCUT2D eigenvalue weighted by Crippen LogP contribution is 2.33. The van der Waals surface area contributed by atoms with Gasteiger partial charge in [-0.2, -0.15) is 0 Å². The minimum Gasteiger partial charge on any atom is -0.391 e. The number of aromatic nitrogens is 4. The van der Waals surface area contributed by atoms with Gasteiger partial charge < -0.3 is 14.9 Å².